The van der Waals surface area contributed by atoms with Crippen molar-refractivity contribution in [2.75, 3.05) is 41.4 Å². The number of benzene rings is 2. The normalized spacial score (nSPS) is 17.8. The fourth-order valence-corrected chi connectivity index (χ4v) is 4.03. The summed E-state index contributed by atoms with van der Waals surface area (Å²) in [6.07, 6.45) is 0.699. The van der Waals surface area contributed by atoms with Crippen LogP contribution in [0, 0.1) is 6.92 Å². The highest BCUT2D eigenvalue weighted by atomic mass is 16.5. The van der Waals surface area contributed by atoms with Crippen LogP contribution in [0.5, 0.6) is 11.5 Å². The van der Waals surface area contributed by atoms with Crippen LogP contribution < -0.4 is 9.47 Å². The number of methoxy groups -OCH3 is 2. The van der Waals surface area contributed by atoms with Gasteiger partial charge in [0.05, 0.1) is 31.4 Å². The number of hydrogen-bond acceptors (Lipinski definition) is 6. The first kappa shape index (κ1) is 23.3. The molecule has 1 unspecified atom stereocenters. The molecule has 1 fully saturated rings. The Balaban J connectivity index is 2.19. The SMILES string of the molecule is COc1ccc(OC)c(/C(O)=C2\C(=O)C(=O)N(CCCN(C)C)C2c2ccccc2C)c1. The Bertz CT molecular complexity index is 1040. The number of Topliss-reactive ketones (excluding diaryl/α,β-unsaturated/α-hetero) is 1. The van der Waals surface area contributed by atoms with Crippen molar-refractivity contribution in [2.24, 2.45) is 0 Å². The number of carbonyl (C=O) groups excluding carboxylic acids is 2. The molecule has 1 N–H and O–H groups in total. The number of nitrogens with zero attached hydrogens (tertiary/aromatic N) is 2. The molecule has 170 valence electrons. The fourth-order valence-electron chi connectivity index (χ4n) is 4.03. The molecule has 7 nitrogen and oxygen atoms in total. The molecular formula is C25H30N2O5. The zero-order valence-corrected chi connectivity index (χ0v) is 19.2. The van der Waals surface area contributed by atoms with Crippen molar-refractivity contribution in [1.82, 2.24) is 9.80 Å². The van der Waals surface area contributed by atoms with Gasteiger partial charge in [-0.25, -0.2) is 0 Å². The first-order chi connectivity index (χ1) is 15.3. The second-order valence-corrected chi connectivity index (χ2v) is 8.07. The average molecular weight is 439 g/mol. The van der Waals surface area contributed by atoms with Gasteiger partial charge in [-0.15, -0.1) is 0 Å². The molecule has 0 saturated carbocycles. The van der Waals surface area contributed by atoms with E-state index < -0.39 is 17.7 Å². The lowest BCUT2D eigenvalue weighted by atomic mass is 9.92. The summed E-state index contributed by atoms with van der Waals surface area (Å²) in [5.41, 5.74) is 2.10. The van der Waals surface area contributed by atoms with Crippen LogP contribution in [0.15, 0.2) is 48.0 Å². The van der Waals surface area contributed by atoms with Gasteiger partial charge in [0.2, 0.25) is 0 Å². The maximum absolute atomic E-state index is 13.2. The number of ether oxygens (including phenoxy) is 2. The highest BCUT2D eigenvalue weighted by Crippen LogP contribution is 2.42. The van der Waals surface area contributed by atoms with Crippen LogP contribution in [0.25, 0.3) is 5.76 Å². The van der Waals surface area contributed by atoms with Gasteiger partial charge in [0.15, 0.2) is 0 Å². The van der Waals surface area contributed by atoms with Crippen LogP contribution in [0.2, 0.25) is 0 Å². The van der Waals surface area contributed by atoms with E-state index >= 15 is 0 Å². The summed E-state index contributed by atoms with van der Waals surface area (Å²) in [6, 6.07) is 11.9. The monoisotopic (exact) mass is 438 g/mol. The fraction of sp³-hybridized carbons (Fsp3) is 0.360. The van der Waals surface area contributed by atoms with E-state index in [9.17, 15) is 14.7 Å². The summed E-state index contributed by atoms with van der Waals surface area (Å²) in [7, 11) is 6.92. The molecule has 2 aromatic carbocycles. The number of hydrogen-bond donors (Lipinski definition) is 1. The molecule has 1 amide bonds. The largest absolute Gasteiger partial charge is 0.507 e. The molecule has 3 rings (SSSR count). The summed E-state index contributed by atoms with van der Waals surface area (Å²) in [4.78, 5) is 29.8. The Morgan fingerprint density at radius 2 is 1.81 bits per heavy atom. The first-order valence-corrected chi connectivity index (χ1v) is 10.5. The van der Waals surface area contributed by atoms with Crippen molar-refractivity contribution in [2.45, 2.75) is 19.4 Å². The predicted octanol–water partition coefficient (Wildman–Crippen LogP) is 3.39. The summed E-state index contributed by atoms with van der Waals surface area (Å²) < 4.78 is 10.7. The van der Waals surface area contributed by atoms with Crippen molar-refractivity contribution in [3.8, 4) is 11.5 Å². The number of rotatable bonds is 8. The molecule has 0 aromatic heterocycles. The lowest BCUT2D eigenvalue weighted by Gasteiger charge is -2.27. The molecule has 1 aliphatic rings. The van der Waals surface area contributed by atoms with E-state index in [1.807, 2.05) is 50.2 Å². The lowest BCUT2D eigenvalue weighted by Crippen LogP contribution is -2.32. The molecule has 1 heterocycles. The summed E-state index contributed by atoms with van der Waals surface area (Å²) in [6.45, 7) is 3.10. The van der Waals surface area contributed by atoms with Crippen LogP contribution in [-0.4, -0.2) is 68.0 Å². The minimum absolute atomic E-state index is 0.0562. The third-order valence-electron chi connectivity index (χ3n) is 5.69. The molecule has 0 bridgehead atoms. The van der Waals surface area contributed by atoms with Crippen molar-refractivity contribution < 1.29 is 24.2 Å². The van der Waals surface area contributed by atoms with E-state index in [1.165, 1.54) is 14.2 Å². The predicted molar refractivity (Wildman–Crippen MR) is 123 cm³/mol. The molecule has 0 spiro atoms. The first-order valence-electron chi connectivity index (χ1n) is 10.5. The van der Waals surface area contributed by atoms with Gasteiger partial charge in [0, 0.05) is 6.54 Å². The molecule has 0 radical (unpaired) electrons. The number of aryl methyl sites for hydroxylation is 1. The second-order valence-electron chi connectivity index (χ2n) is 8.07. The van der Waals surface area contributed by atoms with Crippen LogP contribution >= 0.6 is 0 Å². The highest BCUT2D eigenvalue weighted by Gasteiger charge is 2.46. The van der Waals surface area contributed by atoms with Crippen LogP contribution in [0.3, 0.4) is 0 Å². The van der Waals surface area contributed by atoms with Gasteiger partial charge >= 0.3 is 0 Å². The number of aliphatic hydroxyl groups is 1. The van der Waals surface area contributed by atoms with E-state index in [4.69, 9.17) is 9.47 Å². The van der Waals surface area contributed by atoms with Crippen molar-refractivity contribution in [3.63, 3.8) is 0 Å². The second kappa shape index (κ2) is 9.87. The number of carbonyl (C=O) groups is 2. The van der Waals surface area contributed by atoms with E-state index in [0.717, 1.165) is 17.7 Å². The van der Waals surface area contributed by atoms with E-state index in [1.54, 1.807) is 23.1 Å². The topological polar surface area (TPSA) is 79.3 Å². The Morgan fingerprint density at radius 1 is 1.09 bits per heavy atom. The maximum Gasteiger partial charge on any atom is 0.295 e. The van der Waals surface area contributed by atoms with Gasteiger partial charge in [-0.1, -0.05) is 24.3 Å². The van der Waals surface area contributed by atoms with E-state index in [0.29, 0.717) is 30.0 Å². The Hall–Kier alpha value is -3.32. The van der Waals surface area contributed by atoms with E-state index in [2.05, 4.69) is 0 Å². The van der Waals surface area contributed by atoms with Crippen LogP contribution in [-0.2, 0) is 9.59 Å². The molecular weight excluding hydrogens is 408 g/mol. The third kappa shape index (κ3) is 4.48. The van der Waals surface area contributed by atoms with Crippen LogP contribution in [0.1, 0.15) is 29.2 Å². The standard InChI is InChI=1S/C25H30N2O5/c1-16-9-6-7-10-18(16)22-21(24(29)25(30)27(22)14-8-13-26(2)3)23(28)19-15-17(31-4)11-12-20(19)32-5/h6-7,9-12,15,22,28H,8,13-14H2,1-5H3/b23-21+. The number of likely N-dealkylation sites (tertiary alicyclic amines) is 1. The van der Waals surface area contributed by atoms with Crippen LogP contribution in [0.4, 0.5) is 0 Å². The van der Waals surface area contributed by atoms with Crippen molar-refractivity contribution in [3.05, 3.63) is 64.7 Å². The minimum Gasteiger partial charge on any atom is -0.507 e. The van der Waals surface area contributed by atoms with E-state index in [-0.39, 0.29) is 11.3 Å². The van der Waals surface area contributed by atoms with Gasteiger partial charge in [-0.3, -0.25) is 9.59 Å². The molecule has 32 heavy (non-hydrogen) atoms. The Labute approximate surface area is 188 Å². The smallest absolute Gasteiger partial charge is 0.295 e. The quantitative estimate of drug-likeness (QED) is 0.387. The zero-order chi connectivity index (χ0) is 23.4. The van der Waals surface area contributed by atoms with Crippen molar-refractivity contribution >= 4 is 17.4 Å². The lowest BCUT2D eigenvalue weighted by molar-refractivity contribution is -0.139. The molecule has 7 heteroatoms. The van der Waals surface area contributed by atoms with Crippen molar-refractivity contribution in [1.29, 1.82) is 0 Å². The third-order valence-corrected chi connectivity index (χ3v) is 5.69. The van der Waals surface area contributed by atoms with Gasteiger partial charge < -0.3 is 24.4 Å². The highest BCUT2D eigenvalue weighted by molar-refractivity contribution is 6.46. The molecule has 1 aliphatic heterocycles. The van der Waals surface area contributed by atoms with Gasteiger partial charge in [-0.2, -0.15) is 0 Å². The summed E-state index contributed by atoms with van der Waals surface area (Å²) >= 11 is 0. The minimum atomic E-state index is -0.703. The Morgan fingerprint density at radius 3 is 2.44 bits per heavy atom. The number of aliphatic hydroxyl groups excluding tert-OH is 1. The van der Waals surface area contributed by atoms with Gasteiger partial charge in [-0.05, 0) is 63.3 Å². The molecule has 1 atom stereocenters. The Kier molecular flexibility index (Phi) is 7.20. The number of ketones is 1. The van der Waals surface area contributed by atoms with Gasteiger partial charge in [0.25, 0.3) is 11.7 Å². The summed E-state index contributed by atoms with van der Waals surface area (Å²) in [5, 5.41) is 11.3. The maximum atomic E-state index is 13.2. The molecule has 1 saturated heterocycles. The average Bonchev–Trinajstić information content (AvgIpc) is 3.03. The molecule has 2 aromatic rings. The zero-order valence-electron chi connectivity index (χ0n) is 19.2. The molecule has 0 aliphatic carbocycles. The van der Waals surface area contributed by atoms with Gasteiger partial charge in [0.1, 0.15) is 17.3 Å². The summed E-state index contributed by atoms with van der Waals surface area (Å²) in [5.74, 6) is -0.709. The number of amides is 1.